The summed E-state index contributed by atoms with van der Waals surface area (Å²) in [6, 6.07) is 0. The van der Waals surface area contributed by atoms with Crippen molar-refractivity contribution in [2.45, 2.75) is 34.1 Å². The highest BCUT2D eigenvalue weighted by molar-refractivity contribution is 5.45. The molecule has 0 nitrogen and oxygen atoms in total. The maximum absolute atomic E-state index is 14.0. The van der Waals surface area contributed by atoms with E-state index >= 15 is 0 Å². The SMILES string of the molecule is C=C(C)C(C(=C)C)=C(F)C/C(=C/C)C(=C)C. The van der Waals surface area contributed by atoms with E-state index < -0.39 is 0 Å². The van der Waals surface area contributed by atoms with Crippen molar-refractivity contribution in [3.63, 3.8) is 0 Å². The number of allylic oxidation sites excluding steroid dienone is 7. The van der Waals surface area contributed by atoms with Gasteiger partial charge in [0, 0.05) is 12.0 Å². The lowest BCUT2D eigenvalue weighted by atomic mass is 9.96. The zero-order chi connectivity index (χ0) is 12.9. The Morgan fingerprint density at radius 2 is 1.44 bits per heavy atom. The number of hydrogen-bond donors (Lipinski definition) is 0. The minimum Gasteiger partial charge on any atom is -0.211 e. The molecular weight excluding hydrogens is 199 g/mol. The molecule has 0 amide bonds. The van der Waals surface area contributed by atoms with Crippen LogP contribution in [0, 0.1) is 0 Å². The maximum atomic E-state index is 14.0. The molecule has 0 fully saturated rings. The average Bonchev–Trinajstić information content (AvgIpc) is 2.12. The van der Waals surface area contributed by atoms with E-state index in [4.69, 9.17) is 0 Å². The molecule has 0 atom stereocenters. The van der Waals surface area contributed by atoms with Gasteiger partial charge in [0.25, 0.3) is 0 Å². The van der Waals surface area contributed by atoms with Gasteiger partial charge in [0.1, 0.15) is 5.83 Å². The Morgan fingerprint density at radius 1 is 1.00 bits per heavy atom. The van der Waals surface area contributed by atoms with Gasteiger partial charge in [-0.1, -0.05) is 31.4 Å². The maximum Gasteiger partial charge on any atom is 0.112 e. The van der Waals surface area contributed by atoms with Crippen LogP contribution in [0.25, 0.3) is 0 Å². The van der Waals surface area contributed by atoms with Gasteiger partial charge in [0.05, 0.1) is 0 Å². The molecule has 0 aromatic carbocycles. The van der Waals surface area contributed by atoms with Crippen LogP contribution in [0.1, 0.15) is 34.1 Å². The van der Waals surface area contributed by atoms with E-state index in [1.807, 2.05) is 19.9 Å². The molecule has 0 aromatic heterocycles. The molecule has 0 rings (SSSR count). The van der Waals surface area contributed by atoms with Crippen molar-refractivity contribution in [3.8, 4) is 0 Å². The minimum atomic E-state index is -0.184. The van der Waals surface area contributed by atoms with E-state index in [2.05, 4.69) is 19.7 Å². The zero-order valence-electron chi connectivity index (χ0n) is 10.8. The van der Waals surface area contributed by atoms with E-state index in [0.717, 1.165) is 11.1 Å². The van der Waals surface area contributed by atoms with Crippen LogP contribution in [-0.2, 0) is 0 Å². The third-order valence-corrected chi connectivity index (χ3v) is 2.37. The third kappa shape index (κ3) is 4.01. The highest BCUT2D eigenvalue weighted by Crippen LogP contribution is 2.27. The van der Waals surface area contributed by atoms with Crippen molar-refractivity contribution < 1.29 is 4.39 Å². The smallest absolute Gasteiger partial charge is 0.112 e. The van der Waals surface area contributed by atoms with Crippen LogP contribution in [0.4, 0.5) is 4.39 Å². The van der Waals surface area contributed by atoms with Crippen LogP contribution in [-0.4, -0.2) is 0 Å². The summed E-state index contributed by atoms with van der Waals surface area (Å²) in [5.74, 6) is -0.184. The van der Waals surface area contributed by atoms with Crippen LogP contribution < -0.4 is 0 Å². The van der Waals surface area contributed by atoms with Gasteiger partial charge in [0.15, 0.2) is 0 Å². The van der Waals surface area contributed by atoms with Crippen molar-refractivity contribution in [3.05, 3.63) is 59.5 Å². The first-order valence-corrected chi connectivity index (χ1v) is 5.32. The average molecular weight is 220 g/mol. The van der Waals surface area contributed by atoms with E-state index in [0.29, 0.717) is 16.7 Å². The molecule has 0 saturated heterocycles. The van der Waals surface area contributed by atoms with Crippen molar-refractivity contribution in [1.82, 2.24) is 0 Å². The summed E-state index contributed by atoms with van der Waals surface area (Å²) in [4.78, 5) is 0. The molecule has 16 heavy (non-hydrogen) atoms. The highest BCUT2D eigenvalue weighted by atomic mass is 19.1. The molecular formula is C15H21F. The van der Waals surface area contributed by atoms with Gasteiger partial charge in [-0.25, -0.2) is 4.39 Å². The van der Waals surface area contributed by atoms with Gasteiger partial charge >= 0.3 is 0 Å². The standard InChI is InChI=1S/C15H21F/c1-8-13(10(2)3)9-14(16)15(11(4)5)12(6)7/h8H,2,4,6,9H2,1,3,5,7H3/b13-8-. The Labute approximate surface area is 98.6 Å². The van der Waals surface area contributed by atoms with Crippen molar-refractivity contribution in [2.24, 2.45) is 0 Å². The molecule has 1 heteroatoms. The first kappa shape index (κ1) is 14.6. The Balaban J connectivity index is 5.23. The second kappa shape index (κ2) is 6.26. The highest BCUT2D eigenvalue weighted by Gasteiger charge is 2.10. The van der Waals surface area contributed by atoms with Gasteiger partial charge in [-0.3, -0.25) is 0 Å². The van der Waals surface area contributed by atoms with Gasteiger partial charge in [-0.2, -0.15) is 0 Å². The predicted octanol–water partition coefficient (Wildman–Crippen LogP) is 5.27. The van der Waals surface area contributed by atoms with Crippen LogP contribution in [0.5, 0.6) is 0 Å². The van der Waals surface area contributed by atoms with E-state index in [-0.39, 0.29) is 12.2 Å². The molecule has 0 spiro atoms. The van der Waals surface area contributed by atoms with Crippen LogP contribution in [0.3, 0.4) is 0 Å². The van der Waals surface area contributed by atoms with E-state index in [1.54, 1.807) is 13.8 Å². The Morgan fingerprint density at radius 3 is 1.69 bits per heavy atom. The Hall–Kier alpha value is -1.37. The van der Waals surface area contributed by atoms with Crippen LogP contribution in [0.15, 0.2) is 59.5 Å². The van der Waals surface area contributed by atoms with E-state index in [1.165, 1.54) is 0 Å². The first-order valence-electron chi connectivity index (χ1n) is 5.32. The second-order valence-corrected chi connectivity index (χ2v) is 4.11. The van der Waals surface area contributed by atoms with Crippen molar-refractivity contribution in [1.29, 1.82) is 0 Å². The molecule has 0 aromatic rings. The Kier molecular flexibility index (Phi) is 5.73. The summed E-state index contributed by atoms with van der Waals surface area (Å²) >= 11 is 0. The molecule has 0 heterocycles. The fourth-order valence-corrected chi connectivity index (χ4v) is 1.58. The predicted molar refractivity (Wildman–Crippen MR) is 71.0 cm³/mol. The molecule has 0 saturated carbocycles. The van der Waals surface area contributed by atoms with Gasteiger partial charge in [-0.05, 0) is 44.4 Å². The summed E-state index contributed by atoms with van der Waals surface area (Å²) in [6.07, 6.45) is 2.15. The molecule has 88 valence electrons. The summed E-state index contributed by atoms with van der Waals surface area (Å²) < 4.78 is 14.0. The fraction of sp³-hybridized carbons (Fsp3) is 0.333. The lowest BCUT2D eigenvalue weighted by Crippen LogP contribution is -1.94. The topological polar surface area (TPSA) is 0 Å². The summed E-state index contributed by atoms with van der Waals surface area (Å²) in [6.45, 7) is 18.7. The fourth-order valence-electron chi connectivity index (χ4n) is 1.58. The quantitative estimate of drug-likeness (QED) is 0.553. The van der Waals surface area contributed by atoms with Gasteiger partial charge < -0.3 is 0 Å². The normalized spacial score (nSPS) is 10.9. The van der Waals surface area contributed by atoms with Crippen molar-refractivity contribution >= 4 is 0 Å². The van der Waals surface area contributed by atoms with E-state index in [9.17, 15) is 4.39 Å². The molecule has 0 bridgehead atoms. The first-order chi connectivity index (χ1) is 7.31. The second-order valence-electron chi connectivity index (χ2n) is 4.11. The third-order valence-electron chi connectivity index (χ3n) is 2.37. The molecule has 0 aliphatic carbocycles. The summed E-state index contributed by atoms with van der Waals surface area (Å²) in [5, 5.41) is 0. The monoisotopic (exact) mass is 220 g/mol. The minimum absolute atomic E-state index is 0.184. The number of rotatable bonds is 5. The summed E-state index contributed by atoms with van der Waals surface area (Å²) in [5.41, 5.74) is 3.77. The lowest BCUT2D eigenvalue weighted by molar-refractivity contribution is 0.603. The Bertz CT molecular complexity index is 362. The summed E-state index contributed by atoms with van der Waals surface area (Å²) in [7, 11) is 0. The van der Waals surface area contributed by atoms with Gasteiger partial charge in [0.2, 0.25) is 0 Å². The number of hydrogen-bond acceptors (Lipinski definition) is 0. The molecule has 0 N–H and O–H groups in total. The van der Waals surface area contributed by atoms with Crippen molar-refractivity contribution in [2.75, 3.05) is 0 Å². The molecule has 0 aliphatic rings. The molecule has 0 aliphatic heterocycles. The lowest BCUT2D eigenvalue weighted by Gasteiger charge is -2.11. The number of halogens is 1. The zero-order valence-corrected chi connectivity index (χ0v) is 10.8. The van der Waals surface area contributed by atoms with Gasteiger partial charge in [-0.15, -0.1) is 0 Å². The largest absolute Gasteiger partial charge is 0.211 e. The molecule has 0 unspecified atom stereocenters. The van der Waals surface area contributed by atoms with Crippen LogP contribution >= 0.6 is 0 Å². The van der Waals surface area contributed by atoms with Crippen LogP contribution in [0.2, 0.25) is 0 Å². The molecule has 0 radical (unpaired) electrons.